The van der Waals surface area contributed by atoms with Crippen LogP contribution in [0.15, 0.2) is 12.1 Å². The van der Waals surface area contributed by atoms with Gasteiger partial charge in [0.25, 0.3) is 5.92 Å². The van der Waals surface area contributed by atoms with E-state index >= 15 is 0 Å². The van der Waals surface area contributed by atoms with Crippen LogP contribution in [-0.2, 0) is 12.3 Å². The van der Waals surface area contributed by atoms with Gasteiger partial charge in [0.15, 0.2) is 0 Å². The van der Waals surface area contributed by atoms with Crippen molar-refractivity contribution in [3.63, 3.8) is 0 Å². The molecule has 1 atom stereocenters. The minimum atomic E-state index is -3.00. The van der Waals surface area contributed by atoms with Crippen LogP contribution in [0, 0.1) is 36.4 Å². The molecule has 1 aromatic carbocycles. The Morgan fingerprint density at radius 1 is 0.815 bits per heavy atom. The van der Waals surface area contributed by atoms with E-state index in [-0.39, 0.29) is 11.5 Å². The van der Waals surface area contributed by atoms with Crippen molar-refractivity contribution in [1.82, 2.24) is 0 Å². The molecule has 2 saturated carbocycles. The average molecular weight is 381 g/mol. The van der Waals surface area contributed by atoms with Crippen LogP contribution in [0.25, 0.3) is 0 Å². The number of aryl methyl sites for hydroxylation is 1. The molecule has 4 rings (SSSR count). The minimum absolute atomic E-state index is 0.0435. The third-order valence-electron chi connectivity index (χ3n) is 7.26. The molecule has 1 unspecified atom stereocenters. The van der Waals surface area contributed by atoms with E-state index in [0.717, 1.165) is 43.1 Å². The number of fused-ring (bicyclic) bond motifs is 1. The molecular weight excluding hydrogens is 345 g/mol. The summed E-state index contributed by atoms with van der Waals surface area (Å²) in [6.07, 6.45) is 11.1. The number of halogens is 3. The molecule has 0 amide bonds. The van der Waals surface area contributed by atoms with Crippen LogP contribution >= 0.6 is 0 Å². The van der Waals surface area contributed by atoms with Gasteiger partial charge in [-0.15, -0.1) is 0 Å². The van der Waals surface area contributed by atoms with Crippen molar-refractivity contribution in [3.8, 4) is 0 Å². The quantitative estimate of drug-likeness (QED) is 0.491. The fraction of sp³-hybridized carbons (Fsp3) is 0.750. The summed E-state index contributed by atoms with van der Waals surface area (Å²) in [6.45, 7) is 5.78. The monoisotopic (exact) mass is 380 g/mol. The van der Waals surface area contributed by atoms with Crippen LogP contribution in [0.4, 0.5) is 13.2 Å². The maximum absolute atomic E-state index is 15.0. The molecule has 1 aromatic rings. The zero-order valence-corrected chi connectivity index (χ0v) is 17.2. The fourth-order valence-corrected chi connectivity index (χ4v) is 5.99. The Morgan fingerprint density at radius 3 is 2.00 bits per heavy atom. The first-order valence-electron chi connectivity index (χ1n) is 11.1. The van der Waals surface area contributed by atoms with E-state index in [4.69, 9.17) is 0 Å². The van der Waals surface area contributed by atoms with Crippen molar-refractivity contribution in [1.29, 1.82) is 0 Å². The molecule has 152 valence electrons. The molecule has 0 heterocycles. The highest BCUT2D eigenvalue weighted by molar-refractivity contribution is 5.41. The smallest absolute Gasteiger partial charge is 0.206 e. The minimum Gasteiger partial charge on any atom is -0.206 e. The summed E-state index contributed by atoms with van der Waals surface area (Å²) in [5.74, 6) is -2.80. The Balaban J connectivity index is 0.00000102. The molecule has 0 spiro atoms. The zero-order valence-electron chi connectivity index (χ0n) is 17.2. The third-order valence-corrected chi connectivity index (χ3v) is 7.26. The van der Waals surface area contributed by atoms with E-state index in [1.54, 1.807) is 13.0 Å². The Kier molecular flexibility index (Phi) is 6.58. The van der Waals surface area contributed by atoms with Crippen LogP contribution in [0.2, 0.25) is 0 Å². The first kappa shape index (κ1) is 20.7. The van der Waals surface area contributed by atoms with Gasteiger partial charge < -0.3 is 0 Å². The van der Waals surface area contributed by atoms with Gasteiger partial charge in [0.2, 0.25) is 0 Å². The largest absolute Gasteiger partial charge is 0.279 e. The van der Waals surface area contributed by atoms with Crippen LogP contribution in [0.5, 0.6) is 0 Å². The number of hydrogen-bond acceptors (Lipinski definition) is 0. The summed E-state index contributed by atoms with van der Waals surface area (Å²) in [5.41, 5.74) is 0.980. The van der Waals surface area contributed by atoms with Gasteiger partial charge in [-0.05, 0) is 74.0 Å². The molecule has 0 aromatic heterocycles. The zero-order chi connectivity index (χ0) is 19.6. The van der Waals surface area contributed by atoms with E-state index in [1.807, 2.05) is 13.8 Å². The number of alkyl halides is 2. The second-order valence-electron chi connectivity index (χ2n) is 8.79. The maximum Gasteiger partial charge on any atom is 0.279 e. The highest BCUT2D eigenvalue weighted by Crippen LogP contribution is 2.54. The van der Waals surface area contributed by atoms with Gasteiger partial charge in [0, 0.05) is 5.92 Å². The van der Waals surface area contributed by atoms with Crippen molar-refractivity contribution in [3.05, 3.63) is 34.6 Å². The Hall–Kier alpha value is -0.990. The van der Waals surface area contributed by atoms with E-state index in [2.05, 4.69) is 0 Å². The van der Waals surface area contributed by atoms with Crippen LogP contribution in [0.1, 0.15) is 88.3 Å². The second-order valence-corrected chi connectivity index (χ2v) is 8.79. The molecule has 0 bridgehead atoms. The molecule has 3 heteroatoms. The van der Waals surface area contributed by atoms with Gasteiger partial charge in [-0.25, -0.2) is 13.2 Å². The molecule has 0 saturated heterocycles. The fourth-order valence-electron chi connectivity index (χ4n) is 5.99. The van der Waals surface area contributed by atoms with Gasteiger partial charge >= 0.3 is 0 Å². The Morgan fingerprint density at radius 2 is 1.37 bits per heavy atom. The molecule has 27 heavy (non-hydrogen) atoms. The third kappa shape index (κ3) is 4.07. The second kappa shape index (κ2) is 8.57. The lowest BCUT2D eigenvalue weighted by Gasteiger charge is -2.39. The summed E-state index contributed by atoms with van der Waals surface area (Å²) in [6, 6.07) is 3.02. The van der Waals surface area contributed by atoms with Crippen LogP contribution < -0.4 is 0 Å². The van der Waals surface area contributed by atoms with Gasteiger partial charge in [-0.1, -0.05) is 52.0 Å². The Bertz CT molecular complexity index is 623. The summed E-state index contributed by atoms with van der Waals surface area (Å²) in [7, 11) is 0. The Labute approximate surface area is 162 Å². The SMILES string of the molecule is CC.Cc1cc(F)c2c(c1)CC(C1CCC(C3CCCCC3)CC1)C2(F)F. The van der Waals surface area contributed by atoms with Crippen molar-refractivity contribution in [2.24, 2.45) is 23.7 Å². The van der Waals surface area contributed by atoms with Gasteiger partial charge in [0.05, 0.1) is 5.56 Å². The number of benzene rings is 1. The van der Waals surface area contributed by atoms with Crippen molar-refractivity contribution >= 4 is 0 Å². The lowest BCUT2D eigenvalue weighted by molar-refractivity contribution is -0.0852. The molecule has 3 aliphatic carbocycles. The molecule has 3 aliphatic rings. The van der Waals surface area contributed by atoms with Crippen molar-refractivity contribution in [2.45, 2.75) is 90.9 Å². The van der Waals surface area contributed by atoms with E-state index in [1.165, 1.54) is 38.2 Å². The normalized spacial score (nSPS) is 30.4. The van der Waals surface area contributed by atoms with Gasteiger partial charge in [-0.3, -0.25) is 0 Å². The van der Waals surface area contributed by atoms with E-state index in [9.17, 15) is 13.2 Å². The predicted octanol–water partition coefficient (Wildman–Crippen LogP) is 7.81. The molecular formula is C24H35F3. The first-order chi connectivity index (χ1) is 13.0. The van der Waals surface area contributed by atoms with Crippen LogP contribution in [0.3, 0.4) is 0 Å². The molecule has 0 nitrogen and oxygen atoms in total. The molecule has 0 aliphatic heterocycles. The van der Waals surface area contributed by atoms with Gasteiger partial charge in [0.1, 0.15) is 5.82 Å². The summed E-state index contributed by atoms with van der Waals surface area (Å²) < 4.78 is 44.2. The highest BCUT2D eigenvalue weighted by Gasteiger charge is 2.53. The van der Waals surface area contributed by atoms with Crippen LogP contribution in [-0.4, -0.2) is 0 Å². The van der Waals surface area contributed by atoms with Crippen molar-refractivity contribution < 1.29 is 13.2 Å². The molecule has 2 fully saturated rings. The summed E-state index contributed by atoms with van der Waals surface area (Å²) in [4.78, 5) is 0. The van der Waals surface area contributed by atoms with Gasteiger partial charge in [-0.2, -0.15) is 0 Å². The number of hydrogen-bond donors (Lipinski definition) is 0. The first-order valence-corrected chi connectivity index (χ1v) is 11.1. The lowest BCUT2D eigenvalue weighted by Crippen LogP contribution is -2.33. The predicted molar refractivity (Wildman–Crippen MR) is 106 cm³/mol. The molecule has 0 radical (unpaired) electrons. The lowest BCUT2D eigenvalue weighted by atomic mass is 9.68. The maximum atomic E-state index is 15.0. The summed E-state index contributed by atoms with van der Waals surface area (Å²) in [5, 5.41) is 0. The summed E-state index contributed by atoms with van der Waals surface area (Å²) >= 11 is 0. The van der Waals surface area contributed by atoms with E-state index in [0.29, 0.717) is 12.0 Å². The standard InChI is InChI=1S/C22H29F3.C2H6/c1-14-11-18-13-19(22(24,25)21(18)20(23)12-14)17-9-7-16(8-10-17)15-5-3-2-4-6-15;1-2/h11-12,15-17,19H,2-10,13H2,1H3;1-2H3. The molecule has 0 N–H and O–H groups in total. The van der Waals surface area contributed by atoms with Crippen molar-refractivity contribution in [2.75, 3.05) is 0 Å². The topological polar surface area (TPSA) is 0 Å². The highest BCUT2D eigenvalue weighted by atomic mass is 19.3. The number of rotatable bonds is 2. The van der Waals surface area contributed by atoms with E-state index < -0.39 is 17.7 Å². The average Bonchev–Trinajstić information content (AvgIpc) is 2.94.